The summed E-state index contributed by atoms with van der Waals surface area (Å²) >= 11 is 0. The molecule has 3 rings (SSSR count). The highest BCUT2D eigenvalue weighted by molar-refractivity contribution is 6.45. The Morgan fingerprint density at radius 3 is 2.14 bits per heavy atom. The topological polar surface area (TPSA) is 44.7 Å². The number of amides is 1. The lowest BCUT2D eigenvalue weighted by atomic mass is 9.77. The van der Waals surface area contributed by atoms with Crippen molar-refractivity contribution in [3.8, 4) is 0 Å². The molecule has 0 aromatic heterocycles. The maximum absolute atomic E-state index is 12.9. The Bertz CT molecular complexity index is 820. The van der Waals surface area contributed by atoms with Crippen LogP contribution in [0.4, 0.5) is 0 Å². The molecule has 4 heteroatoms. The van der Waals surface area contributed by atoms with Gasteiger partial charge in [-0.2, -0.15) is 0 Å². The summed E-state index contributed by atoms with van der Waals surface area (Å²) in [6, 6.07) is 8.80. The van der Waals surface area contributed by atoms with E-state index < -0.39 is 0 Å². The zero-order valence-electron chi connectivity index (χ0n) is 19.4. The standard InChI is InChI=1S/C25H37N3O/c1-23(2,3)19-11-9-17(10-12-19)18-13-21(26-16-18)22(29)27-20-14-24(4,5)28(8)25(6,7)15-20/h9-13,20H,14-16H2,1-8H3,(H,27,29). The van der Waals surface area contributed by atoms with Gasteiger partial charge in [0.2, 0.25) is 0 Å². The number of nitrogens with zero attached hydrogens (tertiary/aromatic N) is 2. The largest absolute Gasteiger partial charge is 0.348 e. The van der Waals surface area contributed by atoms with Crippen molar-refractivity contribution in [2.75, 3.05) is 13.6 Å². The van der Waals surface area contributed by atoms with E-state index in [4.69, 9.17) is 0 Å². The molecule has 1 N–H and O–H groups in total. The van der Waals surface area contributed by atoms with Gasteiger partial charge < -0.3 is 5.32 Å². The number of nitrogens with one attached hydrogen (secondary N) is 1. The Kier molecular flexibility index (Phi) is 5.55. The van der Waals surface area contributed by atoms with E-state index in [0.29, 0.717) is 12.3 Å². The van der Waals surface area contributed by atoms with Crippen molar-refractivity contribution in [2.45, 2.75) is 83.8 Å². The number of hydrogen-bond acceptors (Lipinski definition) is 3. The van der Waals surface area contributed by atoms with Crippen molar-refractivity contribution in [1.29, 1.82) is 0 Å². The molecule has 0 atom stereocenters. The summed E-state index contributed by atoms with van der Waals surface area (Å²) in [6.45, 7) is 16.2. The lowest BCUT2D eigenvalue weighted by Gasteiger charge is -2.53. The molecule has 1 aromatic carbocycles. The average Bonchev–Trinajstić information content (AvgIpc) is 3.09. The monoisotopic (exact) mass is 395 g/mol. The van der Waals surface area contributed by atoms with Gasteiger partial charge >= 0.3 is 0 Å². The zero-order chi connectivity index (χ0) is 21.6. The van der Waals surface area contributed by atoms with E-state index in [0.717, 1.165) is 24.0 Å². The third kappa shape index (κ3) is 4.63. The second kappa shape index (κ2) is 7.39. The fourth-order valence-electron chi connectivity index (χ4n) is 4.66. The number of rotatable bonds is 3. The van der Waals surface area contributed by atoms with Crippen molar-refractivity contribution in [3.05, 3.63) is 41.5 Å². The SMILES string of the molecule is CN1C(C)(C)CC(NC(=O)C2=NCC(c3ccc(C(C)(C)C)cc3)=C2)CC1(C)C. The molecular formula is C25H37N3O. The van der Waals surface area contributed by atoms with Gasteiger partial charge in [-0.3, -0.25) is 14.7 Å². The van der Waals surface area contributed by atoms with Crippen LogP contribution in [0.5, 0.6) is 0 Å². The number of likely N-dealkylation sites (tertiary alicyclic amines) is 1. The third-order valence-corrected chi connectivity index (χ3v) is 6.73. The van der Waals surface area contributed by atoms with Crippen LogP contribution >= 0.6 is 0 Å². The maximum atomic E-state index is 12.9. The first kappa shape index (κ1) is 21.8. The van der Waals surface area contributed by atoms with Crippen LogP contribution in [0.1, 0.15) is 72.4 Å². The van der Waals surface area contributed by atoms with Gasteiger partial charge in [-0.15, -0.1) is 0 Å². The van der Waals surface area contributed by atoms with Crippen molar-refractivity contribution < 1.29 is 4.79 Å². The molecule has 2 heterocycles. The first-order valence-corrected chi connectivity index (χ1v) is 10.7. The van der Waals surface area contributed by atoms with Crippen LogP contribution in [0.3, 0.4) is 0 Å². The molecule has 29 heavy (non-hydrogen) atoms. The molecule has 2 aliphatic heterocycles. The predicted octanol–water partition coefficient (Wildman–Crippen LogP) is 4.59. The van der Waals surface area contributed by atoms with Gasteiger partial charge in [-0.1, -0.05) is 45.0 Å². The summed E-state index contributed by atoms with van der Waals surface area (Å²) in [4.78, 5) is 19.8. The number of carbonyl (C=O) groups is 1. The van der Waals surface area contributed by atoms with Crippen LogP contribution in [-0.4, -0.2) is 47.2 Å². The number of piperidine rings is 1. The van der Waals surface area contributed by atoms with Gasteiger partial charge in [0.15, 0.2) is 0 Å². The van der Waals surface area contributed by atoms with Gasteiger partial charge in [0.1, 0.15) is 5.71 Å². The minimum Gasteiger partial charge on any atom is -0.348 e. The van der Waals surface area contributed by atoms with Crippen molar-refractivity contribution in [3.63, 3.8) is 0 Å². The number of benzene rings is 1. The summed E-state index contributed by atoms with van der Waals surface area (Å²) in [6.07, 6.45) is 3.83. The third-order valence-electron chi connectivity index (χ3n) is 6.73. The molecule has 158 valence electrons. The fourth-order valence-corrected chi connectivity index (χ4v) is 4.66. The molecule has 1 saturated heterocycles. The van der Waals surface area contributed by atoms with E-state index >= 15 is 0 Å². The van der Waals surface area contributed by atoms with Crippen LogP contribution in [0, 0.1) is 0 Å². The molecule has 1 aromatic rings. The first-order chi connectivity index (χ1) is 13.3. The fraction of sp³-hybridized carbons (Fsp3) is 0.600. The molecule has 2 aliphatic rings. The molecule has 0 bridgehead atoms. The molecule has 0 radical (unpaired) electrons. The molecule has 0 unspecified atom stereocenters. The highest BCUT2D eigenvalue weighted by Gasteiger charge is 2.43. The second-order valence-electron chi connectivity index (χ2n) is 11.0. The quantitative estimate of drug-likeness (QED) is 0.813. The lowest BCUT2D eigenvalue weighted by molar-refractivity contribution is -0.116. The molecule has 0 saturated carbocycles. The van der Waals surface area contributed by atoms with Crippen molar-refractivity contribution in [2.24, 2.45) is 4.99 Å². The molecule has 4 nitrogen and oxygen atoms in total. The maximum Gasteiger partial charge on any atom is 0.269 e. The normalized spacial score (nSPS) is 22.2. The summed E-state index contributed by atoms with van der Waals surface area (Å²) < 4.78 is 0. The Hall–Kier alpha value is -1.94. The smallest absolute Gasteiger partial charge is 0.269 e. The average molecular weight is 396 g/mol. The van der Waals surface area contributed by atoms with Gasteiger partial charge in [0.05, 0.1) is 6.54 Å². The van der Waals surface area contributed by atoms with E-state index in [2.05, 4.69) is 95.0 Å². The van der Waals surface area contributed by atoms with Gasteiger partial charge in [-0.25, -0.2) is 0 Å². The summed E-state index contributed by atoms with van der Waals surface area (Å²) in [7, 11) is 2.18. The Labute approximate surface area is 176 Å². The summed E-state index contributed by atoms with van der Waals surface area (Å²) in [5, 5.41) is 3.25. The molecule has 1 fully saturated rings. The highest BCUT2D eigenvalue weighted by Crippen LogP contribution is 2.36. The Morgan fingerprint density at radius 2 is 1.62 bits per heavy atom. The number of carbonyl (C=O) groups excluding carboxylic acids is 1. The minimum atomic E-state index is -0.0486. The molecule has 0 aliphatic carbocycles. The van der Waals surface area contributed by atoms with E-state index in [9.17, 15) is 4.79 Å². The van der Waals surface area contributed by atoms with Crippen molar-refractivity contribution in [1.82, 2.24) is 10.2 Å². The molecule has 0 spiro atoms. The zero-order valence-corrected chi connectivity index (χ0v) is 19.4. The number of aliphatic imine (C=N–C) groups is 1. The predicted molar refractivity (Wildman–Crippen MR) is 123 cm³/mol. The van der Waals surface area contributed by atoms with Crippen molar-refractivity contribution >= 4 is 17.2 Å². The summed E-state index contributed by atoms with van der Waals surface area (Å²) in [5.41, 5.74) is 4.35. The van der Waals surface area contributed by atoms with Gasteiger partial charge in [-0.05, 0) is 75.8 Å². The second-order valence-corrected chi connectivity index (χ2v) is 11.0. The van der Waals surface area contributed by atoms with Crippen LogP contribution in [0.15, 0.2) is 35.3 Å². The van der Waals surface area contributed by atoms with Gasteiger partial charge in [0.25, 0.3) is 5.91 Å². The van der Waals surface area contributed by atoms with E-state index in [1.165, 1.54) is 5.56 Å². The van der Waals surface area contributed by atoms with E-state index in [1.807, 2.05) is 6.08 Å². The number of hydrogen-bond donors (Lipinski definition) is 1. The van der Waals surface area contributed by atoms with E-state index in [-0.39, 0.29) is 28.4 Å². The molecular weight excluding hydrogens is 358 g/mol. The van der Waals surface area contributed by atoms with Crippen LogP contribution in [0.2, 0.25) is 0 Å². The van der Waals surface area contributed by atoms with Gasteiger partial charge in [0, 0.05) is 17.1 Å². The highest BCUT2D eigenvalue weighted by atomic mass is 16.2. The minimum absolute atomic E-state index is 0.0486. The Balaban J connectivity index is 1.68. The van der Waals surface area contributed by atoms with Crippen LogP contribution in [0.25, 0.3) is 5.57 Å². The van der Waals surface area contributed by atoms with E-state index in [1.54, 1.807) is 0 Å². The first-order valence-electron chi connectivity index (χ1n) is 10.7. The molecule has 1 amide bonds. The summed E-state index contributed by atoms with van der Waals surface area (Å²) in [5.74, 6) is -0.0486. The van der Waals surface area contributed by atoms with Crippen LogP contribution in [-0.2, 0) is 10.2 Å². The lowest BCUT2D eigenvalue weighted by Crippen LogP contribution is -2.62. The Morgan fingerprint density at radius 1 is 1.07 bits per heavy atom. The van der Waals surface area contributed by atoms with Crippen LogP contribution < -0.4 is 5.32 Å².